The fourth-order valence-electron chi connectivity index (χ4n) is 3.08. The number of amides is 1. The van der Waals surface area contributed by atoms with Gasteiger partial charge in [0, 0.05) is 22.8 Å². The molecular weight excluding hydrogens is 434 g/mol. The normalized spacial score (nSPS) is 12.4. The van der Waals surface area contributed by atoms with Crippen LogP contribution in [0.5, 0.6) is 0 Å². The molecule has 31 heavy (non-hydrogen) atoms. The number of nitrogens with one attached hydrogen (secondary N) is 2. The zero-order valence-electron chi connectivity index (χ0n) is 17.2. The zero-order valence-corrected chi connectivity index (χ0v) is 18.8. The monoisotopic (exact) mass is 457 g/mol. The van der Waals surface area contributed by atoms with Gasteiger partial charge >= 0.3 is 0 Å². The van der Waals surface area contributed by atoms with E-state index in [-0.39, 0.29) is 16.8 Å². The lowest BCUT2D eigenvalue weighted by atomic mass is 10.1. The largest absolute Gasteiger partial charge is 0.350 e. The van der Waals surface area contributed by atoms with E-state index in [9.17, 15) is 13.2 Å². The van der Waals surface area contributed by atoms with E-state index in [2.05, 4.69) is 10.0 Å². The number of nitrogens with zero attached hydrogens (tertiary/aromatic N) is 1. The van der Waals surface area contributed by atoms with Gasteiger partial charge in [-0.1, -0.05) is 41.9 Å². The molecule has 0 heterocycles. The second kappa shape index (κ2) is 9.96. The third kappa shape index (κ3) is 6.07. The van der Waals surface area contributed by atoms with Gasteiger partial charge in [-0.05, 0) is 68.2 Å². The molecule has 6 nitrogen and oxygen atoms in total. The van der Waals surface area contributed by atoms with Crippen molar-refractivity contribution >= 4 is 33.2 Å². The van der Waals surface area contributed by atoms with Crippen molar-refractivity contribution in [3.05, 3.63) is 95.0 Å². The Morgan fingerprint density at radius 1 is 0.935 bits per heavy atom. The second-order valence-corrected chi connectivity index (χ2v) is 9.36. The topological polar surface area (TPSA) is 78.5 Å². The summed E-state index contributed by atoms with van der Waals surface area (Å²) in [4.78, 5) is 14.7. The number of hydrogen-bond acceptors (Lipinski definition) is 4. The Kier molecular flexibility index (Phi) is 7.33. The molecular formula is C23H24ClN3O3S. The van der Waals surface area contributed by atoms with Gasteiger partial charge in [0.05, 0.1) is 10.9 Å². The van der Waals surface area contributed by atoms with Crippen molar-refractivity contribution in [1.82, 2.24) is 10.2 Å². The number of benzene rings is 3. The first-order valence-electron chi connectivity index (χ1n) is 9.64. The van der Waals surface area contributed by atoms with Gasteiger partial charge in [0.2, 0.25) is 0 Å². The predicted molar refractivity (Wildman–Crippen MR) is 124 cm³/mol. The number of halogens is 1. The second-order valence-electron chi connectivity index (χ2n) is 7.24. The van der Waals surface area contributed by atoms with Crippen LogP contribution in [0.25, 0.3) is 0 Å². The highest BCUT2D eigenvalue weighted by atomic mass is 35.5. The fourth-order valence-corrected chi connectivity index (χ4v) is 4.27. The lowest BCUT2D eigenvalue weighted by molar-refractivity contribution is 0.0942. The summed E-state index contributed by atoms with van der Waals surface area (Å²) in [5.74, 6) is -0.266. The molecule has 0 radical (unpaired) electrons. The van der Waals surface area contributed by atoms with E-state index < -0.39 is 10.0 Å². The zero-order chi connectivity index (χ0) is 22.4. The van der Waals surface area contributed by atoms with Crippen LogP contribution >= 0.6 is 11.6 Å². The maximum atomic E-state index is 12.6. The van der Waals surface area contributed by atoms with Crippen LogP contribution in [0.2, 0.25) is 5.02 Å². The molecule has 3 aromatic carbocycles. The van der Waals surface area contributed by atoms with Crippen molar-refractivity contribution in [3.8, 4) is 0 Å². The third-order valence-electron chi connectivity index (χ3n) is 4.79. The van der Waals surface area contributed by atoms with Crippen LogP contribution in [-0.2, 0) is 10.0 Å². The van der Waals surface area contributed by atoms with Crippen LogP contribution in [0.3, 0.4) is 0 Å². The first-order chi connectivity index (χ1) is 14.8. The van der Waals surface area contributed by atoms with Gasteiger partial charge in [-0.2, -0.15) is 0 Å². The summed E-state index contributed by atoms with van der Waals surface area (Å²) >= 11 is 5.83. The van der Waals surface area contributed by atoms with E-state index in [4.69, 9.17) is 11.6 Å². The maximum absolute atomic E-state index is 12.6. The Morgan fingerprint density at radius 3 is 2.13 bits per heavy atom. The molecule has 3 rings (SSSR count). The molecule has 0 fully saturated rings. The Bertz CT molecular complexity index is 1120. The SMILES string of the molecule is CN(C)C(CNC(=O)c1ccc(S(=O)(=O)Nc2ccc(Cl)cc2)cc1)c1ccccc1. The highest BCUT2D eigenvalue weighted by molar-refractivity contribution is 7.92. The number of rotatable bonds is 8. The average molecular weight is 458 g/mol. The Labute approximate surface area is 187 Å². The van der Waals surface area contributed by atoms with E-state index in [1.807, 2.05) is 49.3 Å². The van der Waals surface area contributed by atoms with E-state index in [1.165, 1.54) is 24.3 Å². The predicted octanol–water partition coefficient (Wildman–Crippen LogP) is 4.17. The quantitative estimate of drug-likeness (QED) is 0.532. The number of hydrogen-bond donors (Lipinski definition) is 2. The number of sulfonamides is 1. The van der Waals surface area contributed by atoms with E-state index in [0.717, 1.165) is 5.56 Å². The summed E-state index contributed by atoms with van der Waals surface area (Å²) in [6, 6.07) is 22.1. The minimum absolute atomic E-state index is 0.0216. The minimum atomic E-state index is -3.77. The molecule has 2 N–H and O–H groups in total. The van der Waals surface area contributed by atoms with E-state index >= 15 is 0 Å². The summed E-state index contributed by atoms with van der Waals surface area (Å²) < 4.78 is 27.6. The number of carbonyl (C=O) groups excluding carboxylic acids is 1. The van der Waals surface area contributed by atoms with Crippen molar-refractivity contribution < 1.29 is 13.2 Å². The maximum Gasteiger partial charge on any atom is 0.261 e. The Hall–Kier alpha value is -2.87. The van der Waals surface area contributed by atoms with Crippen LogP contribution in [0.1, 0.15) is 22.0 Å². The molecule has 1 amide bonds. The molecule has 0 aliphatic carbocycles. The third-order valence-corrected chi connectivity index (χ3v) is 6.44. The summed E-state index contributed by atoms with van der Waals surface area (Å²) in [7, 11) is 0.138. The molecule has 0 aliphatic heterocycles. The van der Waals surface area contributed by atoms with Crippen molar-refractivity contribution in [2.24, 2.45) is 0 Å². The van der Waals surface area contributed by atoms with Crippen LogP contribution in [0, 0.1) is 0 Å². The van der Waals surface area contributed by atoms with Gasteiger partial charge in [0.25, 0.3) is 15.9 Å². The Morgan fingerprint density at radius 2 is 1.55 bits per heavy atom. The van der Waals surface area contributed by atoms with Gasteiger partial charge in [-0.15, -0.1) is 0 Å². The highest BCUT2D eigenvalue weighted by Crippen LogP contribution is 2.20. The Balaban J connectivity index is 1.66. The average Bonchev–Trinajstić information content (AvgIpc) is 2.76. The van der Waals surface area contributed by atoms with Crippen molar-refractivity contribution in [2.45, 2.75) is 10.9 Å². The first-order valence-corrected chi connectivity index (χ1v) is 11.5. The van der Waals surface area contributed by atoms with E-state index in [0.29, 0.717) is 22.8 Å². The van der Waals surface area contributed by atoms with Gasteiger partial charge in [-0.3, -0.25) is 9.52 Å². The number of anilines is 1. The molecule has 0 aromatic heterocycles. The molecule has 162 valence electrons. The molecule has 0 aliphatic rings. The standard InChI is InChI=1S/C23H24ClN3O3S/c1-27(2)22(17-6-4-3-5-7-17)16-25-23(28)18-8-14-21(15-9-18)31(29,30)26-20-12-10-19(24)11-13-20/h3-15,22,26H,16H2,1-2H3,(H,25,28). The first kappa shape index (κ1) is 22.8. The highest BCUT2D eigenvalue weighted by Gasteiger charge is 2.17. The van der Waals surface area contributed by atoms with Gasteiger partial charge in [0.1, 0.15) is 0 Å². The smallest absolute Gasteiger partial charge is 0.261 e. The van der Waals surface area contributed by atoms with Crippen LogP contribution < -0.4 is 10.0 Å². The molecule has 0 bridgehead atoms. The molecule has 3 aromatic rings. The molecule has 0 saturated heterocycles. The number of carbonyl (C=O) groups is 1. The lowest BCUT2D eigenvalue weighted by Crippen LogP contribution is -2.34. The van der Waals surface area contributed by atoms with Crippen molar-refractivity contribution in [1.29, 1.82) is 0 Å². The van der Waals surface area contributed by atoms with Gasteiger partial charge < -0.3 is 10.2 Å². The lowest BCUT2D eigenvalue weighted by Gasteiger charge is -2.25. The molecule has 1 atom stereocenters. The van der Waals surface area contributed by atoms with Crippen LogP contribution in [0.4, 0.5) is 5.69 Å². The van der Waals surface area contributed by atoms with Crippen molar-refractivity contribution in [2.75, 3.05) is 25.4 Å². The van der Waals surface area contributed by atoms with Crippen molar-refractivity contribution in [3.63, 3.8) is 0 Å². The molecule has 0 spiro atoms. The van der Waals surface area contributed by atoms with E-state index in [1.54, 1.807) is 24.3 Å². The molecule has 1 unspecified atom stereocenters. The van der Waals surface area contributed by atoms with Crippen LogP contribution in [0.15, 0.2) is 83.8 Å². The summed E-state index contributed by atoms with van der Waals surface area (Å²) in [5.41, 5.74) is 1.89. The summed E-state index contributed by atoms with van der Waals surface area (Å²) in [6.07, 6.45) is 0. The molecule has 0 saturated carbocycles. The minimum Gasteiger partial charge on any atom is -0.350 e. The molecule has 8 heteroatoms. The fraction of sp³-hybridized carbons (Fsp3) is 0.174. The van der Waals surface area contributed by atoms with Gasteiger partial charge in [-0.25, -0.2) is 8.42 Å². The number of likely N-dealkylation sites (N-methyl/N-ethyl adjacent to an activating group) is 1. The summed E-state index contributed by atoms with van der Waals surface area (Å²) in [6.45, 7) is 0.425. The summed E-state index contributed by atoms with van der Waals surface area (Å²) in [5, 5.41) is 3.44. The van der Waals surface area contributed by atoms with Gasteiger partial charge in [0.15, 0.2) is 0 Å². The van der Waals surface area contributed by atoms with Crippen LogP contribution in [-0.4, -0.2) is 39.9 Å².